The third-order valence-corrected chi connectivity index (χ3v) is 2.11. The second kappa shape index (κ2) is 2.86. The van der Waals surface area contributed by atoms with Crippen LogP contribution in [0.1, 0.15) is 12.8 Å². The van der Waals surface area contributed by atoms with E-state index in [1.165, 1.54) is 0 Å². The molecule has 3 nitrogen and oxygen atoms in total. The molecule has 0 aromatic heterocycles. The van der Waals surface area contributed by atoms with Crippen LogP contribution in [0.25, 0.3) is 0 Å². The Hall–Kier alpha value is -0.120. The number of aliphatic hydroxyl groups is 1. The molecule has 1 fully saturated rings. The third-order valence-electron chi connectivity index (χ3n) is 2.11. The standard InChI is InChI=1S/C7H16N2O/c1-9-4-2-3-7(8,5-9)6-10/h10H,2-6,8H2,1H3. The Morgan fingerprint density at radius 2 is 2.40 bits per heavy atom. The van der Waals surface area contributed by atoms with E-state index in [1.54, 1.807) is 0 Å². The van der Waals surface area contributed by atoms with Gasteiger partial charge in [0.05, 0.1) is 12.1 Å². The highest BCUT2D eigenvalue weighted by atomic mass is 16.3. The van der Waals surface area contributed by atoms with Crippen molar-refractivity contribution in [1.82, 2.24) is 4.90 Å². The van der Waals surface area contributed by atoms with Gasteiger partial charge < -0.3 is 15.7 Å². The largest absolute Gasteiger partial charge is 0.394 e. The fourth-order valence-electron chi connectivity index (χ4n) is 1.53. The first-order valence-electron chi connectivity index (χ1n) is 3.75. The summed E-state index contributed by atoms with van der Waals surface area (Å²) in [6, 6.07) is 0. The van der Waals surface area contributed by atoms with Crippen LogP contribution in [0.15, 0.2) is 0 Å². The van der Waals surface area contributed by atoms with Gasteiger partial charge in [-0.3, -0.25) is 0 Å². The van der Waals surface area contributed by atoms with Gasteiger partial charge in [-0.15, -0.1) is 0 Å². The van der Waals surface area contributed by atoms with Gasteiger partial charge in [-0.25, -0.2) is 0 Å². The molecule has 1 heterocycles. The molecule has 0 aromatic carbocycles. The fraction of sp³-hybridized carbons (Fsp3) is 1.00. The lowest BCUT2D eigenvalue weighted by Crippen LogP contribution is -2.55. The van der Waals surface area contributed by atoms with Crippen LogP contribution in [0.2, 0.25) is 0 Å². The van der Waals surface area contributed by atoms with E-state index in [9.17, 15) is 0 Å². The van der Waals surface area contributed by atoms with Crippen LogP contribution in [0.3, 0.4) is 0 Å². The van der Waals surface area contributed by atoms with Crippen LogP contribution >= 0.6 is 0 Å². The minimum atomic E-state index is -0.326. The zero-order valence-electron chi connectivity index (χ0n) is 6.51. The van der Waals surface area contributed by atoms with Gasteiger partial charge in [0.25, 0.3) is 0 Å². The second-order valence-electron chi connectivity index (χ2n) is 3.36. The summed E-state index contributed by atoms with van der Waals surface area (Å²) in [5.41, 5.74) is 5.53. The number of hydrogen-bond donors (Lipinski definition) is 2. The molecule has 0 radical (unpaired) electrons. The average molecular weight is 144 g/mol. The maximum Gasteiger partial charge on any atom is 0.0623 e. The zero-order chi connectivity index (χ0) is 7.61. The molecule has 1 unspecified atom stereocenters. The summed E-state index contributed by atoms with van der Waals surface area (Å²) >= 11 is 0. The Bertz CT molecular complexity index is 118. The summed E-state index contributed by atoms with van der Waals surface area (Å²) in [5.74, 6) is 0. The Morgan fingerprint density at radius 1 is 1.70 bits per heavy atom. The Labute approximate surface area is 61.8 Å². The van der Waals surface area contributed by atoms with Crippen LogP contribution in [0, 0.1) is 0 Å². The smallest absolute Gasteiger partial charge is 0.0623 e. The van der Waals surface area contributed by atoms with Crippen molar-refractivity contribution in [3.63, 3.8) is 0 Å². The molecule has 0 aliphatic carbocycles. The predicted octanol–water partition coefficient (Wildman–Crippen LogP) is -0.598. The van der Waals surface area contributed by atoms with Gasteiger partial charge in [-0.2, -0.15) is 0 Å². The quantitative estimate of drug-likeness (QED) is 0.517. The second-order valence-corrected chi connectivity index (χ2v) is 3.36. The highest BCUT2D eigenvalue weighted by Gasteiger charge is 2.28. The monoisotopic (exact) mass is 144 g/mol. The summed E-state index contributed by atoms with van der Waals surface area (Å²) in [7, 11) is 2.04. The molecule has 1 rings (SSSR count). The number of nitrogens with two attached hydrogens (primary N) is 1. The molecular formula is C7H16N2O. The van der Waals surface area contributed by atoms with Crippen molar-refractivity contribution in [2.45, 2.75) is 18.4 Å². The SMILES string of the molecule is CN1CCCC(N)(CO)C1. The van der Waals surface area contributed by atoms with Gasteiger partial charge >= 0.3 is 0 Å². The topological polar surface area (TPSA) is 49.5 Å². The molecule has 1 saturated heterocycles. The number of piperidine rings is 1. The predicted molar refractivity (Wildman–Crippen MR) is 40.7 cm³/mol. The maximum atomic E-state index is 8.92. The molecule has 10 heavy (non-hydrogen) atoms. The van der Waals surface area contributed by atoms with E-state index >= 15 is 0 Å². The molecule has 0 aromatic rings. The van der Waals surface area contributed by atoms with Crippen LogP contribution in [0.4, 0.5) is 0 Å². The molecule has 0 saturated carbocycles. The first kappa shape index (κ1) is 7.98. The lowest BCUT2D eigenvalue weighted by molar-refractivity contribution is 0.110. The van der Waals surface area contributed by atoms with E-state index in [2.05, 4.69) is 4.90 Å². The summed E-state index contributed by atoms with van der Waals surface area (Å²) in [5, 5.41) is 8.92. The van der Waals surface area contributed by atoms with Gasteiger partial charge in [0.2, 0.25) is 0 Å². The first-order chi connectivity index (χ1) is 4.66. The van der Waals surface area contributed by atoms with Gasteiger partial charge in [0.1, 0.15) is 0 Å². The first-order valence-corrected chi connectivity index (χ1v) is 3.75. The van der Waals surface area contributed by atoms with E-state index in [1.807, 2.05) is 7.05 Å². The number of likely N-dealkylation sites (N-methyl/N-ethyl adjacent to an activating group) is 1. The van der Waals surface area contributed by atoms with Crippen LogP contribution in [0.5, 0.6) is 0 Å². The number of rotatable bonds is 1. The third kappa shape index (κ3) is 1.68. The molecule has 60 valence electrons. The molecule has 1 aliphatic rings. The lowest BCUT2D eigenvalue weighted by Gasteiger charge is -2.36. The molecule has 3 N–H and O–H groups in total. The van der Waals surface area contributed by atoms with Gasteiger partial charge in [-0.05, 0) is 26.4 Å². The molecule has 0 bridgehead atoms. The normalized spacial score (nSPS) is 36.3. The minimum absolute atomic E-state index is 0.108. The zero-order valence-corrected chi connectivity index (χ0v) is 6.51. The molecule has 1 aliphatic heterocycles. The van der Waals surface area contributed by atoms with E-state index in [-0.39, 0.29) is 12.1 Å². The summed E-state index contributed by atoms with van der Waals surface area (Å²) in [6.45, 7) is 2.04. The molecule has 3 heteroatoms. The van der Waals surface area contributed by atoms with Crippen molar-refractivity contribution in [1.29, 1.82) is 0 Å². The van der Waals surface area contributed by atoms with Crippen molar-refractivity contribution < 1.29 is 5.11 Å². The molecule has 0 amide bonds. The number of likely N-dealkylation sites (tertiary alicyclic amines) is 1. The van der Waals surface area contributed by atoms with E-state index in [0.717, 1.165) is 25.9 Å². The van der Waals surface area contributed by atoms with Crippen LogP contribution < -0.4 is 5.73 Å². The average Bonchev–Trinajstić information content (AvgIpc) is 1.88. The molecular weight excluding hydrogens is 128 g/mol. The van der Waals surface area contributed by atoms with Crippen LogP contribution in [-0.2, 0) is 0 Å². The number of nitrogens with zero attached hydrogens (tertiary/aromatic N) is 1. The summed E-state index contributed by atoms with van der Waals surface area (Å²) in [6.07, 6.45) is 2.06. The number of hydrogen-bond acceptors (Lipinski definition) is 3. The number of aliphatic hydroxyl groups excluding tert-OH is 1. The van der Waals surface area contributed by atoms with Crippen molar-refractivity contribution >= 4 is 0 Å². The van der Waals surface area contributed by atoms with E-state index < -0.39 is 0 Å². The fourth-order valence-corrected chi connectivity index (χ4v) is 1.53. The van der Waals surface area contributed by atoms with Gasteiger partial charge in [0, 0.05) is 6.54 Å². The van der Waals surface area contributed by atoms with Crippen molar-refractivity contribution in [3.8, 4) is 0 Å². The maximum absolute atomic E-state index is 8.92. The summed E-state index contributed by atoms with van der Waals surface area (Å²) in [4.78, 5) is 2.17. The van der Waals surface area contributed by atoms with E-state index in [4.69, 9.17) is 10.8 Å². The molecule has 0 spiro atoms. The Balaban J connectivity index is 2.45. The Kier molecular flexibility index (Phi) is 2.28. The minimum Gasteiger partial charge on any atom is -0.394 e. The molecule has 1 atom stereocenters. The van der Waals surface area contributed by atoms with Crippen molar-refractivity contribution in [3.05, 3.63) is 0 Å². The van der Waals surface area contributed by atoms with Gasteiger partial charge in [0.15, 0.2) is 0 Å². The highest BCUT2D eigenvalue weighted by Crippen LogP contribution is 2.16. The highest BCUT2D eigenvalue weighted by molar-refractivity contribution is 4.89. The van der Waals surface area contributed by atoms with Crippen LogP contribution in [-0.4, -0.2) is 42.3 Å². The van der Waals surface area contributed by atoms with E-state index in [0.29, 0.717) is 0 Å². The lowest BCUT2D eigenvalue weighted by atomic mass is 9.91. The summed E-state index contributed by atoms with van der Waals surface area (Å²) < 4.78 is 0. The Morgan fingerprint density at radius 3 is 2.80 bits per heavy atom. The van der Waals surface area contributed by atoms with Crippen molar-refractivity contribution in [2.75, 3.05) is 26.7 Å². The van der Waals surface area contributed by atoms with Crippen molar-refractivity contribution in [2.24, 2.45) is 5.73 Å². The van der Waals surface area contributed by atoms with Gasteiger partial charge in [-0.1, -0.05) is 0 Å².